The number of amides is 1. The Labute approximate surface area is 122 Å². The number of carbonyl (C=O) groups is 1. The Bertz CT molecular complexity index is 341. The predicted molar refractivity (Wildman–Crippen MR) is 82.3 cm³/mol. The fraction of sp³-hybridized carbons (Fsp3) is 0.933. The van der Waals surface area contributed by atoms with Gasteiger partial charge in [0.1, 0.15) is 0 Å². The zero-order chi connectivity index (χ0) is 14.3. The second-order valence-corrected chi connectivity index (χ2v) is 8.52. The first-order chi connectivity index (χ1) is 8.76. The maximum absolute atomic E-state index is 12.3. The van der Waals surface area contributed by atoms with Crippen LogP contribution in [0.3, 0.4) is 0 Å². The topological polar surface area (TPSA) is 23.6 Å². The van der Waals surface area contributed by atoms with Crippen LogP contribution in [0.25, 0.3) is 0 Å². The maximum Gasteiger partial charge on any atom is 0.224 e. The molecule has 19 heavy (non-hydrogen) atoms. The van der Waals surface area contributed by atoms with Gasteiger partial charge in [-0.05, 0) is 47.5 Å². The van der Waals surface area contributed by atoms with Crippen molar-refractivity contribution in [3.8, 4) is 0 Å². The largest absolute Gasteiger partial charge is 0.325 e. The highest BCUT2D eigenvalue weighted by molar-refractivity contribution is 8.00. The van der Waals surface area contributed by atoms with Crippen LogP contribution in [0.15, 0.2) is 0 Å². The number of nitrogens with zero attached hydrogens (tertiary/aromatic N) is 2. The summed E-state index contributed by atoms with van der Waals surface area (Å²) in [7, 11) is 0. The molecule has 2 aliphatic rings. The van der Waals surface area contributed by atoms with E-state index in [1.807, 2.05) is 11.8 Å². The average Bonchev–Trinajstić information content (AvgIpc) is 2.27. The van der Waals surface area contributed by atoms with E-state index in [2.05, 4.69) is 44.4 Å². The molecule has 3 nitrogen and oxygen atoms in total. The van der Waals surface area contributed by atoms with Gasteiger partial charge in [0, 0.05) is 36.8 Å². The van der Waals surface area contributed by atoms with E-state index < -0.39 is 0 Å². The highest BCUT2D eigenvalue weighted by Gasteiger charge is 2.47. The number of carbonyl (C=O) groups excluding carboxylic acids is 1. The lowest BCUT2D eigenvalue weighted by Crippen LogP contribution is -2.61. The second kappa shape index (κ2) is 5.28. The van der Waals surface area contributed by atoms with Crippen LogP contribution < -0.4 is 0 Å². The van der Waals surface area contributed by atoms with Gasteiger partial charge in [-0.25, -0.2) is 0 Å². The van der Waals surface area contributed by atoms with Crippen LogP contribution in [-0.4, -0.2) is 51.0 Å². The van der Waals surface area contributed by atoms with Crippen molar-refractivity contribution in [2.75, 3.05) is 18.8 Å². The Kier molecular flexibility index (Phi) is 4.22. The number of rotatable bonds is 1. The monoisotopic (exact) mass is 284 g/mol. The molecule has 0 radical (unpaired) electrons. The maximum atomic E-state index is 12.3. The van der Waals surface area contributed by atoms with E-state index in [9.17, 15) is 4.79 Å². The highest BCUT2D eigenvalue weighted by atomic mass is 32.2. The molecule has 110 valence electrons. The SMILES string of the molecule is CC(C)N1C(=O)CCSC12CCN(C(C)(C)C)CC2. The number of thioether (sulfide) groups is 1. The summed E-state index contributed by atoms with van der Waals surface area (Å²) in [5, 5.41) is 0. The van der Waals surface area contributed by atoms with Gasteiger partial charge in [-0.1, -0.05) is 0 Å². The first kappa shape index (κ1) is 15.2. The minimum atomic E-state index is 0.0747. The molecule has 0 N–H and O–H groups in total. The van der Waals surface area contributed by atoms with Crippen LogP contribution in [0, 0.1) is 0 Å². The third-order valence-electron chi connectivity index (χ3n) is 4.40. The van der Waals surface area contributed by atoms with Crippen molar-refractivity contribution in [3.63, 3.8) is 0 Å². The second-order valence-electron chi connectivity index (χ2n) is 7.06. The average molecular weight is 284 g/mol. The fourth-order valence-corrected chi connectivity index (χ4v) is 5.00. The van der Waals surface area contributed by atoms with Crippen molar-refractivity contribution in [2.45, 2.75) is 70.3 Å². The van der Waals surface area contributed by atoms with Gasteiger partial charge >= 0.3 is 0 Å². The van der Waals surface area contributed by atoms with Crippen LogP contribution in [0.1, 0.15) is 53.9 Å². The summed E-state index contributed by atoms with van der Waals surface area (Å²) in [4.78, 5) is 17.1. The molecule has 2 heterocycles. The molecular weight excluding hydrogens is 256 g/mol. The van der Waals surface area contributed by atoms with Gasteiger partial charge in [-0.2, -0.15) is 0 Å². The van der Waals surface area contributed by atoms with Crippen molar-refractivity contribution in [2.24, 2.45) is 0 Å². The molecule has 0 bridgehead atoms. The van der Waals surface area contributed by atoms with E-state index in [0.29, 0.717) is 18.4 Å². The molecule has 1 amide bonds. The number of likely N-dealkylation sites (tertiary alicyclic amines) is 1. The minimum Gasteiger partial charge on any atom is -0.325 e. The summed E-state index contributed by atoms with van der Waals surface area (Å²) in [6.45, 7) is 13.4. The van der Waals surface area contributed by atoms with Crippen LogP contribution in [0.4, 0.5) is 0 Å². The van der Waals surface area contributed by atoms with E-state index in [4.69, 9.17) is 0 Å². The lowest BCUT2D eigenvalue weighted by molar-refractivity contribution is -0.138. The predicted octanol–water partition coefficient (Wildman–Crippen LogP) is 2.95. The van der Waals surface area contributed by atoms with E-state index in [1.165, 1.54) is 0 Å². The van der Waals surface area contributed by atoms with E-state index in [-0.39, 0.29) is 10.4 Å². The molecule has 1 spiro atoms. The molecule has 2 fully saturated rings. The van der Waals surface area contributed by atoms with Crippen molar-refractivity contribution >= 4 is 17.7 Å². The summed E-state index contributed by atoms with van der Waals surface area (Å²) >= 11 is 2.02. The van der Waals surface area contributed by atoms with Crippen LogP contribution >= 0.6 is 11.8 Å². The van der Waals surface area contributed by atoms with Crippen LogP contribution in [0.2, 0.25) is 0 Å². The van der Waals surface area contributed by atoms with Crippen molar-refractivity contribution < 1.29 is 4.79 Å². The molecule has 0 aromatic heterocycles. The van der Waals surface area contributed by atoms with E-state index in [1.54, 1.807) is 0 Å². The molecule has 2 rings (SSSR count). The lowest BCUT2D eigenvalue weighted by atomic mass is 9.95. The normalized spacial score (nSPS) is 25.4. The summed E-state index contributed by atoms with van der Waals surface area (Å²) in [5.41, 5.74) is 0.244. The van der Waals surface area contributed by atoms with Gasteiger partial charge in [0.25, 0.3) is 0 Å². The zero-order valence-corrected chi connectivity index (χ0v) is 13.8. The molecule has 4 heteroatoms. The van der Waals surface area contributed by atoms with Crippen molar-refractivity contribution in [1.29, 1.82) is 0 Å². The van der Waals surface area contributed by atoms with Gasteiger partial charge in [-0.3, -0.25) is 9.69 Å². The first-order valence-electron chi connectivity index (χ1n) is 7.47. The summed E-state index contributed by atoms with van der Waals surface area (Å²) in [5.74, 6) is 1.36. The first-order valence-corrected chi connectivity index (χ1v) is 8.46. The fourth-order valence-electron chi connectivity index (χ4n) is 3.42. The Morgan fingerprint density at radius 3 is 2.26 bits per heavy atom. The molecular formula is C15H28N2OS. The van der Waals surface area contributed by atoms with Gasteiger partial charge in [0.05, 0.1) is 4.87 Å². The zero-order valence-electron chi connectivity index (χ0n) is 13.0. The van der Waals surface area contributed by atoms with Gasteiger partial charge in [0.15, 0.2) is 0 Å². The summed E-state index contributed by atoms with van der Waals surface area (Å²) in [6, 6.07) is 0.321. The molecule has 0 saturated carbocycles. The third kappa shape index (κ3) is 2.94. The molecule has 0 aliphatic carbocycles. The third-order valence-corrected chi connectivity index (χ3v) is 5.95. The lowest BCUT2D eigenvalue weighted by Gasteiger charge is -2.54. The molecule has 0 atom stereocenters. The Morgan fingerprint density at radius 2 is 1.79 bits per heavy atom. The molecule has 2 saturated heterocycles. The van der Waals surface area contributed by atoms with Gasteiger partial charge in [-0.15, -0.1) is 11.8 Å². The Balaban J connectivity index is 2.13. The number of hydrogen-bond donors (Lipinski definition) is 0. The van der Waals surface area contributed by atoms with Gasteiger partial charge < -0.3 is 4.90 Å². The molecule has 0 unspecified atom stereocenters. The molecule has 2 aliphatic heterocycles. The van der Waals surface area contributed by atoms with Crippen molar-refractivity contribution in [1.82, 2.24) is 9.80 Å². The van der Waals surface area contributed by atoms with E-state index >= 15 is 0 Å². The van der Waals surface area contributed by atoms with E-state index in [0.717, 1.165) is 31.7 Å². The Morgan fingerprint density at radius 1 is 1.21 bits per heavy atom. The Hall–Kier alpha value is -0.220. The molecule has 0 aromatic carbocycles. The van der Waals surface area contributed by atoms with Crippen molar-refractivity contribution in [3.05, 3.63) is 0 Å². The smallest absolute Gasteiger partial charge is 0.224 e. The van der Waals surface area contributed by atoms with Crippen LogP contribution in [-0.2, 0) is 4.79 Å². The number of hydrogen-bond acceptors (Lipinski definition) is 3. The molecule has 0 aromatic rings. The van der Waals surface area contributed by atoms with Crippen LogP contribution in [0.5, 0.6) is 0 Å². The van der Waals surface area contributed by atoms with Gasteiger partial charge in [0.2, 0.25) is 5.91 Å². The number of piperidine rings is 1. The standard InChI is InChI=1S/C15H28N2OS/c1-12(2)17-13(18)6-11-19-15(17)7-9-16(10-8-15)14(3,4)5/h12H,6-11H2,1-5H3. The quantitative estimate of drug-likeness (QED) is 0.739. The highest BCUT2D eigenvalue weighted by Crippen LogP contribution is 2.45. The minimum absolute atomic E-state index is 0.0747. The summed E-state index contributed by atoms with van der Waals surface area (Å²) < 4.78 is 0. The summed E-state index contributed by atoms with van der Waals surface area (Å²) in [6.07, 6.45) is 2.94.